The van der Waals surface area contributed by atoms with Gasteiger partial charge in [0.05, 0.1) is 44.3 Å². The maximum Gasteiger partial charge on any atom is 0.162 e. The van der Waals surface area contributed by atoms with Crippen LogP contribution in [0, 0.1) is 0 Å². The van der Waals surface area contributed by atoms with Gasteiger partial charge in [0.2, 0.25) is 0 Å². The number of pyridine rings is 3. The standard InChI is InChI=1S/C26H32N6O4/c1-32(5-6-33-2)14-17(27)15-36-18-7-16(11-29-12-18)22-8-19-20-9-24(34-3)25(35-4)10-23(20)30-13-21(19)26(28)31-22/h7-13,17H,5-6,14-15,27H2,1-4H3,(H2,28,31)/t17-/m0/s1. The second kappa shape index (κ2) is 11.3. The molecule has 0 bridgehead atoms. The Morgan fingerprint density at radius 3 is 2.47 bits per heavy atom. The number of benzene rings is 1. The molecule has 0 saturated carbocycles. The zero-order chi connectivity index (χ0) is 25.7. The van der Waals surface area contributed by atoms with Crippen molar-refractivity contribution in [3.8, 4) is 28.5 Å². The number of likely N-dealkylation sites (N-methyl/N-ethyl adjacent to an activating group) is 1. The largest absolute Gasteiger partial charge is 0.493 e. The van der Waals surface area contributed by atoms with Crippen molar-refractivity contribution in [1.82, 2.24) is 19.9 Å². The van der Waals surface area contributed by atoms with Gasteiger partial charge in [0.1, 0.15) is 18.2 Å². The maximum absolute atomic E-state index is 6.34. The lowest BCUT2D eigenvalue weighted by molar-refractivity contribution is 0.152. The Bertz CT molecular complexity index is 1350. The average Bonchev–Trinajstić information content (AvgIpc) is 2.89. The molecule has 0 aliphatic carbocycles. The Hall–Kier alpha value is -3.73. The van der Waals surface area contributed by atoms with Crippen molar-refractivity contribution < 1.29 is 18.9 Å². The molecule has 0 aliphatic rings. The Kier molecular flexibility index (Phi) is 7.99. The minimum absolute atomic E-state index is 0.157. The van der Waals surface area contributed by atoms with Gasteiger partial charge in [-0.15, -0.1) is 0 Å². The molecule has 0 aliphatic heterocycles. The van der Waals surface area contributed by atoms with Crippen LogP contribution in [0.1, 0.15) is 0 Å². The molecule has 10 nitrogen and oxygen atoms in total. The number of aromatic nitrogens is 3. The molecule has 0 fully saturated rings. The third kappa shape index (κ3) is 5.56. The maximum atomic E-state index is 6.34. The molecule has 0 spiro atoms. The van der Waals surface area contributed by atoms with Gasteiger partial charge in [-0.3, -0.25) is 9.97 Å². The number of nitrogens with zero attached hydrogens (tertiary/aromatic N) is 4. The van der Waals surface area contributed by atoms with E-state index in [1.54, 1.807) is 39.9 Å². The number of nitrogen functional groups attached to an aromatic ring is 1. The molecule has 0 amide bonds. The fourth-order valence-corrected chi connectivity index (χ4v) is 4.04. The van der Waals surface area contributed by atoms with Crippen LogP contribution in [0.5, 0.6) is 17.2 Å². The molecule has 3 heterocycles. The highest BCUT2D eigenvalue weighted by Crippen LogP contribution is 2.37. The summed E-state index contributed by atoms with van der Waals surface area (Å²) in [4.78, 5) is 15.6. The highest BCUT2D eigenvalue weighted by atomic mass is 16.5. The van der Waals surface area contributed by atoms with E-state index in [2.05, 4.69) is 19.9 Å². The number of nitrogens with two attached hydrogens (primary N) is 2. The normalized spacial score (nSPS) is 12.3. The number of methoxy groups -OCH3 is 3. The fraction of sp³-hybridized carbons (Fsp3) is 0.346. The summed E-state index contributed by atoms with van der Waals surface area (Å²) in [7, 11) is 6.88. The molecular formula is C26H32N6O4. The topological polar surface area (TPSA) is 131 Å². The number of rotatable bonds is 11. The van der Waals surface area contributed by atoms with Crippen LogP contribution in [0.15, 0.2) is 42.9 Å². The highest BCUT2D eigenvalue weighted by molar-refractivity contribution is 6.10. The Labute approximate surface area is 210 Å². The van der Waals surface area contributed by atoms with E-state index < -0.39 is 0 Å². The van der Waals surface area contributed by atoms with Gasteiger partial charge in [0.15, 0.2) is 11.5 Å². The van der Waals surface area contributed by atoms with Crippen molar-refractivity contribution in [1.29, 1.82) is 0 Å². The zero-order valence-corrected chi connectivity index (χ0v) is 21.0. The molecule has 1 atom stereocenters. The van der Waals surface area contributed by atoms with Crippen LogP contribution in [0.4, 0.5) is 5.82 Å². The molecule has 0 saturated heterocycles. The fourth-order valence-electron chi connectivity index (χ4n) is 4.04. The molecule has 0 radical (unpaired) electrons. The molecule has 3 aromatic heterocycles. The monoisotopic (exact) mass is 492 g/mol. The van der Waals surface area contributed by atoms with Crippen molar-refractivity contribution in [2.45, 2.75) is 6.04 Å². The minimum atomic E-state index is -0.157. The van der Waals surface area contributed by atoms with Crippen LogP contribution in [0.2, 0.25) is 0 Å². The number of fused-ring (bicyclic) bond motifs is 3. The Morgan fingerprint density at radius 2 is 1.72 bits per heavy atom. The van der Waals surface area contributed by atoms with Gasteiger partial charge >= 0.3 is 0 Å². The van der Waals surface area contributed by atoms with E-state index in [1.165, 1.54) is 0 Å². The van der Waals surface area contributed by atoms with Gasteiger partial charge in [-0.2, -0.15) is 0 Å². The van der Waals surface area contributed by atoms with Gasteiger partial charge in [0, 0.05) is 55.0 Å². The molecule has 0 unspecified atom stereocenters. The predicted octanol–water partition coefficient (Wildman–Crippen LogP) is 2.73. The summed E-state index contributed by atoms with van der Waals surface area (Å²) in [5.41, 5.74) is 14.8. The van der Waals surface area contributed by atoms with Crippen LogP contribution in [0.3, 0.4) is 0 Å². The number of anilines is 1. The second-order valence-electron chi connectivity index (χ2n) is 8.57. The molecular weight excluding hydrogens is 460 g/mol. The quantitative estimate of drug-likeness (QED) is 0.301. The first-order valence-corrected chi connectivity index (χ1v) is 11.6. The first kappa shape index (κ1) is 25.4. The van der Waals surface area contributed by atoms with Crippen LogP contribution >= 0.6 is 0 Å². The third-order valence-corrected chi connectivity index (χ3v) is 5.91. The van der Waals surface area contributed by atoms with E-state index in [0.29, 0.717) is 48.5 Å². The SMILES string of the molecule is COCCN(C)C[C@H](N)COc1cncc(-c2cc3c(cnc4cc(OC)c(OC)cc43)c(N)n2)c1. The lowest BCUT2D eigenvalue weighted by Gasteiger charge is -2.21. The lowest BCUT2D eigenvalue weighted by Crippen LogP contribution is -2.40. The van der Waals surface area contributed by atoms with Gasteiger partial charge in [-0.1, -0.05) is 0 Å². The summed E-state index contributed by atoms with van der Waals surface area (Å²) >= 11 is 0. The van der Waals surface area contributed by atoms with E-state index in [4.69, 9.17) is 30.4 Å². The van der Waals surface area contributed by atoms with Crippen LogP contribution in [-0.4, -0.2) is 80.6 Å². The molecule has 4 aromatic rings. The van der Waals surface area contributed by atoms with E-state index in [1.807, 2.05) is 31.3 Å². The van der Waals surface area contributed by atoms with E-state index >= 15 is 0 Å². The molecule has 4 rings (SSSR count). The summed E-state index contributed by atoms with van der Waals surface area (Å²) in [6, 6.07) is 7.44. The minimum Gasteiger partial charge on any atom is -0.493 e. The molecule has 190 valence electrons. The summed E-state index contributed by atoms with van der Waals surface area (Å²) in [5.74, 6) is 2.20. The zero-order valence-electron chi connectivity index (χ0n) is 21.0. The highest BCUT2D eigenvalue weighted by Gasteiger charge is 2.14. The van der Waals surface area contributed by atoms with E-state index in [0.717, 1.165) is 33.8 Å². The first-order chi connectivity index (χ1) is 17.4. The van der Waals surface area contributed by atoms with Gasteiger partial charge in [-0.25, -0.2) is 4.98 Å². The van der Waals surface area contributed by atoms with Crippen molar-refractivity contribution in [2.24, 2.45) is 5.73 Å². The molecule has 36 heavy (non-hydrogen) atoms. The lowest BCUT2D eigenvalue weighted by atomic mass is 10.0. The van der Waals surface area contributed by atoms with Crippen molar-refractivity contribution in [3.63, 3.8) is 0 Å². The number of ether oxygens (including phenoxy) is 4. The van der Waals surface area contributed by atoms with Crippen molar-refractivity contribution in [2.75, 3.05) is 60.4 Å². The predicted molar refractivity (Wildman–Crippen MR) is 141 cm³/mol. The van der Waals surface area contributed by atoms with Crippen LogP contribution in [-0.2, 0) is 4.74 Å². The average molecular weight is 493 g/mol. The van der Waals surface area contributed by atoms with E-state index in [9.17, 15) is 0 Å². The van der Waals surface area contributed by atoms with Gasteiger partial charge in [0.25, 0.3) is 0 Å². The van der Waals surface area contributed by atoms with Gasteiger partial charge in [-0.05, 0) is 30.6 Å². The number of hydrogen-bond donors (Lipinski definition) is 2. The second-order valence-corrected chi connectivity index (χ2v) is 8.57. The summed E-state index contributed by atoms with van der Waals surface area (Å²) in [6.07, 6.45) is 5.11. The van der Waals surface area contributed by atoms with Crippen molar-refractivity contribution >= 4 is 27.5 Å². The first-order valence-electron chi connectivity index (χ1n) is 11.6. The molecule has 4 N–H and O–H groups in total. The Balaban J connectivity index is 1.62. The number of hydrogen-bond acceptors (Lipinski definition) is 10. The van der Waals surface area contributed by atoms with Gasteiger partial charge < -0.3 is 35.3 Å². The molecule has 10 heteroatoms. The summed E-state index contributed by atoms with van der Waals surface area (Å²) in [6.45, 7) is 2.50. The summed E-state index contributed by atoms with van der Waals surface area (Å²) in [5, 5.41) is 2.53. The molecule has 1 aromatic carbocycles. The summed E-state index contributed by atoms with van der Waals surface area (Å²) < 4.78 is 22.0. The smallest absolute Gasteiger partial charge is 0.162 e. The van der Waals surface area contributed by atoms with Crippen LogP contribution in [0.25, 0.3) is 32.9 Å². The van der Waals surface area contributed by atoms with Crippen molar-refractivity contribution in [3.05, 3.63) is 42.9 Å². The third-order valence-electron chi connectivity index (χ3n) is 5.91. The Morgan fingerprint density at radius 1 is 0.944 bits per heavy atom. The van der Waals surface area contributed by atoms with E-state index in [-0.39, 0.29) is 6.04 Å². The van der Waals surface area contributed by atoms with Crippen LogP contribution < -0.4 is 25.7 Å².